The van der Waals surface area contributed by atoms with E-state index in [1.54, 1.807) is 23.1 Å². The van der Waals surface area contributed by atoms with Gasteiger partial charge in [-0.3, -0.25) is 9.59 Å². The fourth-order valence-electron chi connectivity index (χ4n) is 5.15. The van der Waals surface area contributed by atoms with E-state index < -0.39 is 23.9 Å². The molecule has 0 spiro atoms. The predicted octanol–water partition coefficient (Wildman–Crippen LogP) is 4.65. The van der Waals surface area contributed by atoms with Crippen molar-refractivity contribution in [2.24, 2.45) is 17.8 Å². The van der Waals surface area contributed by atoms with E-state index in [-0.39, 0.29) is 23.8 Å². The lowest BCUT2D eigenvalue weighted by atomic mass is 9.84. The molecule has 0 bridgehead atoms. The minimum absolute atomic E-state index is 0.233. The Morgan fingerprint density at radius 1 is 1.00 bits per heavy atom. The molecule has 0 radical (unpaired) electrons. The van der Waals surface area contributed by atoms with Gasteiger partial charge in [-0.25, -0.2) is 9.69 Å². The maximum absolute atomic E-state index is 13.8. The number of amides is 4. The van der Waals surface area contributed by atoms with Gasteiger partial charge in [-0.2, -0.15) is 0 Å². The number of fused-ring (bicyclic) bond motifs is 1. The Morgan fingerprint density at radius 2 is 1.62 bits per heavy atom. The van der Waals surface area contributed by atoms with Crippen LogP contribution < -0.4 is 10.2 Å². The summed E-state index contributed by atoms with van der Waals surface area (Å²) in [5.41, 5.74) is 1.25. The standard InChI is InChI=1S/C25H28ClN3O3/c1-4-27-25(32)29-19(14-15(2)3)20-21(22(29)17-12-8-9-13-18(17)26)24(31)28(23(20)30)16-10-6-5-7-11-16/h5-13,15,19-22H,4,14H2,1-3H3,(H,27,32). The molecule has 0 saturated carbocycles. The zero-order valence-electron chi connectivity index (χ0n) is 18.5. The highest BCUT2D eigenvalue weighted by atomic mass is 35.5. The summed E-state index contributed by atoms with van der Waals surface area (Å²) in [6, 6.07) is 15.0. The van der Waals surface area contributed by atoms with Gasteiger partial charge >= 0.3 is 6.03 Å². The van der Waals surface area contributed by atoms with Crippen LogP contribution in [0.3, 0.4) is 0 Å². The zero-order chi connectivity index (χ0) is 23.0. The van der Waals surface area contributed by atoms with Gasteiger partial charge in [0, 0.05) is 17.6 Å². The van der Waals surface area contributed by atoms with Gasteiger partial charge in [-0.1, -0.05) is 61.8 Å². The molecule has 168 valence electrons. The van der Waals surface area contributed by atoms with E-state index >= 15 is 0 Å². The topological polar surface area (TPSA) is 69.7 Å². The maximum atomic E-state index is 13.8. The van der Waals surface area contributed by atoms with Crippen LogP contribution in [-0.4, -0.2) is 35.3 Å². The quantitative estimate of drug-likeness (QED) is 0.670. The smallest absolute Gasteiger partial charge is 0.318 e. The number of carbonyl (C=O) groups excluding carboxylic acids is 3. The summed E-state index contributed by atoms with van der Waals surface area (Å²) in [5.74, 6) is -1.60. The third-order valence-corrected chi connectivity index (χ3v) is 6.67. The third-order valence-electron chi connectivity index (χ3n) is 6.32. The van der Waals surface area contributed by atoms with Crippen LogP contribution in [-0.2, 0) is 9.59 Å². The average Bonchev–Trinajstić information content (AvgIpc) is 3.21. The molecule has 1 N–H and O–H groups in total. The number of para-hydroxylation sites is 1. The predicted molar refractivity (Wildman–Crippen MR) is 124 cm³/mol. The van der Waals surface area contributed by atoms with E-state index in [0.717, 1.165) is 0 Å². The Hall–Kier alpha value is -2.86. The second kappa shape index (κ2) is 8.94. The van der Waals surface area contributed by atoms with Gasteiger partial charge in [-0.15, -0.1) is 0 Å². The highest BCUT2D eigenvalue weighted by molar-refractivity contribution is 6.31. The summed E-state index contributed by atoms with van der Waals surface area (Å²) in [6.07, 6.45) is 0.612. The molecule has 2 saturated heterocycles. The van der Waals surface area contributed by atoms with Gasteiger partial charge in [0.2, 0.25) is 11.8 Å². The first-order chi connectivity index (χ1) is 15.4. The molecule has 4 atom stereocenters. The van der Waals surface area contributed by atoms with Crippen molar-refractivity contribution in [3.63, 3.8) is 0 Å². The molecule has 4 amide bonds. The molecule has 0 aromatic heterocycles. The lowest BCUT2D eigenvalue weighted by molar-refractivity contribution is -0.123. The van der Waals surface area contributed by atoms with E-state index in [4.69, 9.17) is 11.6 Å². The van der Waals surface area contributed by atoms with Crippen molar-refractivity contribution in [2.45, 2.75) is 39.3 Å². The maximum Gasteiger partial charge on any atom is 0.318 e. The van der Waals surface area contributed by atoms with Gasteiger partial charge in [0.1, 0.15) is 0 Å². The van der Waals surface area contributed by atoms with Gasteiger partial charge in [0.25, 0.3) is 0 Å². The monoisotopic (exact) mass is 453 g/mol. The number of likely N-dealkylation sites (tertiary alicyclic amines) is 1. The normalized spacial score (nSPS) is 24.9. The Balaban J connectivity index is 1.87. The Morgan fingerprint density at radius 3 is 2.25 bits per heavy atom. The van der Waals surface area contributed by atoms with Crippen molar-refractivity contribution in [1.82, 2.24) is 10.2 Å². The molecule has 4 rings (SSSR count). The minimum atomic E-state index is -0.686. The fourth-order valence-corrected chi connectivity index (χ4v) is 5.40. The van der Waals surface area contributed by atoms with Crippen LogP contribution in [0.25, 0.3) is 0 Å². The van der Waals surface area contributed by atoms with E-state index in [1.165, 1.54) is 4.90 Å². The zero-order valence-corrected chi connectivity index (χ0v) is 19.3. The molecule has 2 aromatic rings. The highest BCUT2D eigenvalue weighted by Crippen LogP contribution is 2.53. The number of hydrogen-bond acceptors (Lipinski definition) is 3. The molecule has 32 heavy (non-hydrogen) atoms. The first kappa shape index (κ1) is 22.3. The van der Waals surface area contributed by atoms with Crippen molar-refractivity contribution in [3.05, 3.63) is 65.2 Å². The molecule has 2 fully saturated rings. The number of benzene rings is 2. The number of carbonyl (C=O) groups is 3. The molecule has 2 aliphatic rings. The van der Waals surface area contributed by atoms with Crippen LogP contribution in [0.5, 0.6) is 0 Å². The van der Waals surface area contributed by atoms with Crippen molar-refractivity contribution in [3.8, 4) is 0 Å². The number of anilines is 1. The average molecular weight is 454 g/mol. The van der Waals surface area contributed by atoms with Crippen molar-refractivity contribution >= 4 is 35.1 Å². The lowest BCUT2D eigenvalue weighted by Crippen LogP contribution is -2.49. The van der Waals surface area contributed by atoms with E-state index in [9.17, 15) is 14.4 Å². The molecular formula is C25H28ClN3O3. The number of nitrogens with zero attached hydrogens (tertiary/aromatic N) is 2. The molecule has 4 unspecified atom stereocenters. The number of imide groups is 1. The van der Waals surface area contributed by atoms with Gasteiger partial charge in [-0.05, 0) is 43.0 Å². The van der Waals surface area contributed by atoms with Crippen LogP contribution in [0.4, 0.5) is 10.5 Å². The SMILES string of the molecule is CCNC(=O)N1C(CC(C)C)C2C(=O)N(c3ccccc3)C(=O)C2C1c1ccccc1Cl. The minimum Gasteiger partial charge on any atom is -0.338 e. The molecule has 2 aliphatic heterocycles. The number of rotatable bonds is 5. The second-order valence-electron chi connectivity index (χ2n) is 8.81. The number of halogens is 1. The molecule has 2 aromatic carbocycles. The fraction of sp³-hybridized carbons (Fsp3) is 0.400. The van der Waals surface area contributed by atoms with Crippen LogP contribution in [0, 0.1) is 17.8 Å². The third kappa shape index (κ3) is 3.66. The highest BCUT2D eigenvalue weighted by Gasteiger charge is 2.63. The molecule has 0 aliphatic carbocycles. The summed E-state index contributed by atoms with van der Waals surface area (Å²) in [5, 5.41) is 3.36. The van der Waals surface area contributed by atoms with Crippen LogP contribution in [0.2, 0.25) is 5.02 Å². The first-order valence-electron chi connectivity index (χ1n) is 11.1. The van der Waals surface area contributed by atoms with E-state index in [1.807, 2.05) is 43.3 Å². The van der Waals surface area contributed by atoms with Crippen molar-refractivity contribution in [2.75, 3.05) is 11.4 Å². The summed E-state index contributed by atoms with van der Waals surface area (Å²) in [6.45, 7) is 6.42. The number of nitrogens with one attached hydrogen (secondary N) is 1. The van der Waals surface area contributed by atoms with Crippen molar-refractivity contribution < 1.29 is 14.4 Å². The van der Waals surface area contributed by atoms with Gasteiger partial charge in [0.05, 0.1) is 23.6 Å². The second-order valence-corrected chi connectivity index (χ2v) is 9.21. The largest absolute Gasteiger partial charge is 0.338 e. The van der Waals surface area contributed by atoms with Crippen molar-refractivity contribution in [1.29, 1.82) is 0 Å². The summed E-state index contributed by atoms with van der Waals surface area (Å²) in [7, 11) is 0. The number of hydrogen-bond donors (Lipinski definition) is 1. The Kier molecular flexibility index (Phi) is 6.24. The lowest BCUT2D eigenvalue weighted by Gasteiger charge is -2.34. The Labute approximate surface area is 193 Å². The Bertz CT molecular complexity index is 1030. The van der Waals surface area contributed by atoms with Gasteiger partial charge in [0.15, 0.2) is 0 Å². The molecular weight excluding hydrogens is 426 g/mol. The molecule has 2 heterocycles. The van der Waals surface area contributed by atoms with Crippen LogP contribution >= 0.6 is 11.6 Å². The van der Waals surface area contributed by atoms with Crippen LogP contribution in [0.1, 0.15) is 38.8 Å². The molecule has 7 heteroatoms. The van der Waals surface area contributed by atoms with E-state index in [2.05, 4.69) is 19.2 Å². The number of urea groups is 1. The van der Waals surface area contributed by atoms with Gasteiger partial charge < -0.3 is 10.2 Å². The summed E-state index contributed by atoms with van der Waals surface area (Å²) in [4.78, 5) is 43.7. The summed E-state index contributed by atoms with van der Waals surface area (Å²) < 4.78 is 0. The van der Waals surface area contributed by atoms with E-state index in [0.29, 0.717) is 29.2 Å². The molecule has 6 nitrogen and oxygen atoms in total. The summed E-state index contributed by atoms with van der Waals surface area (Å²) >= 11 is 6.56. The van der Waals surface area contributed by atoms with Crippen LogP contribution in [0.15, 0.2) is 54.6 Å². The first-order valence-corrected chi connectivity index (χ1v) is 11.5.